The number of anilines is 1. The van der Waals surface area contributed by atoms with Gasteiger partial charge in [0.05, 0.1) is 17.5 Å². The lowest BCUT2D eigenvalue weighted by Crippen LogP contribution is -2.64. The van der Waals surface area contributed by atoms with E-state index in [1.807, 2.05) is 67.5 Å². The van der Waals surface area contributed by atoms with Crippen molar-refractivity contribution >= 4 is 38.4 Å². The smallest absolute Gasteiger partial charge is 0.324 e. The second kappa shape index (κ2) is 8.41. The highest BCUT2D eigenvalue weighted by Gasteiger charge is 2.52. The van der Waals surface area contributed by atoms with Gasteiger partial charge in [-0.2, -0.15) is 4.31 Å². The minimum atomic E-state index is -4.01. The van der Waals surface area contributed by atoms with Crippen molar-refractivity contribution in [1.82, 2.24) is 14.5 Å². The molecule has 2 aliphatic rings. The number of amides is 3. The lowest BCUT2D eigenvalue weighted by atomic mass is 10.1. The van der Waals surface area contributed by atoms with E-state index in [2.05, 4.69) is 5.32 Å². The van der Waals surface area contributed by atoms with E-state index in [1.54, 1.807) is 18.2 Å². The van der Waals surface area contributed by atoms with E-state index in [1.165, 1.54) is 4.31 Å². The summed E-state index contributed by atoms with van der Waals surface area (Å²) in [5, 5.41) is 4.27. The molecule has 0 radical (unpaired) electrons. The molecule has 2 atom stereocenters. The van der Waals surface area contributed by atoms with Crippen LogP contribution >= 0.6 is 0 Å². The lowest BCUT2D eigenvalue weighted by Gasteiger charge is -2.36. The molecule has 0 bridgehead atoms. The highest BCUT2D eigenvalue weighted by Crippen LogP contribution is 2.35. The lowest BCUT2D eigenvalue weighted by molar-refractivity contribution is -0.134. The summed E-state index contributed by atoms with van der Waals surface area (Å²) in [7, 11) is -0.192. The fourth-order valence-electron chi connectivity index (χ4n) is 4.90. The van der Waals surface area contributed by atoms with Crippen molar-refractivity contribution in [3.8, 4) is 0 Å². The molecule has 2 saturated heterocycles. The fraction of sp³-hybridized carbons (Fsp3) is 0.280. The van der Waals surface area contributed by atoms with E-state index in [4.69, 9.17) is 0 Å². The first-order valence-electron chi connectivity index (χ1n) is 11.2. The highest BCUT2D eigenvalue weighted by molar-refractivity contribution is 7.89. The molecule has 3 amide bonds. The molecule has 0 aliphatic carbocycles. The van der Waals surface area contributed by atoms with Crippen molar-refractivity contribution in [2.45, 2.75) is 29.9 Å². The van der Waals surface area contributed by atoms with E-state index < -0.39 is 34.0 Å². The van der Waals surface area contributed by atoms with E-state index >= 15 is 0 Å². The van der Waals surface area contributed by atoms with Gasteiger partial charge in [0.15, 0.2) is 0 Å². The van der Waals surface area contributed by atoms with E-state index in [9.17, 15) is 18.0 Å². The molecule has 5 rings (SSSR count). The van der Waals surface area contributed by atoms with Crippen LogP contribution < -0.4 is 10.2 Å². The number of nitrogens with one attached hydrogen (secondary N) is 1. The molecule has 0 unspecified atom stereocenters. The van der Waals surface area contributed by atoms with Crippen LogP contribution in [-0.2, 0) is 21.4 Å². The van der Waals surface area contributed by atoms with Gasteiger partial charge in [-0.05, 0) is 24.1 Å². The Morgan fingerprint density at radius 1 is 0.941 bits per heavy atom. The molecule has 0 aromatic heterocycles. The number of hydrogen-bond donors (Lipinski definition) is 1. The highest BCUT2D eigenvalue weighted by atomic mass is 32.2. The predicted octanol–water partition coefficient (Wildman–Crippen LogP) is 2.79. The maximum atomic E-state index is 13.9. The van der Waals surface area contributed by atoms with Gasteiger partial charge in [0.25, 0.3) is 5.91 Å². The number of hydrogen-bond acceptors (Lipinski definition) is 5. The van der Waals surface area contributed by atoms with Crippen LogP contribution in [-0.4, -0.2) is 62.3 Å². The second-order valence-corrected chi connectivity index (χ2v) is 10.7. The van der Waals surface area contributed by atoms with Crippen molar-refractivity contribution in [3.05, 3.63) is 72.3 Å². The van der Waals surface area contributed by atoms with Crippen molar-refractivity contribution in [1.29, 1.82) is 0 Å². The summed E-state index contributed by atoms with van der Waals surface area (Å²) in [5.74, 6) is -0.493. The standard InChI is InChI=1S/C25H26N4O4S/c1-27(2)21-12-6-11-19-18(21)10-7-13-22(19)34(32,33)29-15-14-20-23(29)24(30)28(25(31)26-20)16-17-8-4-3-5-9-17/h3-13,20,23H,14-16H2,1-2H3,(H,26,31)/t20-,23+/m1/s1. The van der Waals surface area contributed by atoms with Crippen LogP contribution in [0.3, 0.4) is 0 Å². The summed E-state index contributed by atoms with van der Waals surface area (Å²) in [6.07, 6.45) is 0.383. The molecule has 2 fully saturated rings. The van der Waals surface area contributed by atoms with Crippen molar-refractivity contribution in [3.63, 3.8) is 0 Å². The third-order valence-electron chi connectivity index (χ3n) is 6.54. The molecule has 2 aliphatic heterocycles. The number of carbonyl (C=O) groups is 2. The number of benzene rings is 3. The average Bonchev–Trinajstić information content (AvgIpc) is 3.26. The summed E-state index contributed by atoms with van der Waals surface area (Å²) in [4.78, 5) is 29.4. The molecule has 3 aromatic rings. The normalized spacial score (nSPS) is 20.9. The summed E-state index contributed by atoms with van der Waals surface area (Å²) >= 11 is 0. The molecule has 8 nitrogen and oxygen atoms in total. The van der Waals surface area contributed by atoms with Crippen molar-refractivity contribution in [2.24, 2.45) is 0 Å². The molecule has 3 aromatic carbocycles. The molecule has 0 saturated carbocycles. The Labute approximate surface area is 198 Å². The van der Waals surface area contributed by atoms with Crippen LogP contribution in [0, 0.1) is 0 Å². The second-order valence-electron chi connectivity index (χ2n) is 8.84. The monoisotopic (exact) mass is 478 g/mol. The number of nitrogens with zero attached hydrogens (tertiary/aromatic N) is 3. The number of fused-ring (bicyclic) bond motifs is 2. The van der Waals surface area contributed by atoms with Gasteiger partial charge in [0.1, 0.15) is 6.04 Å². The van der Waals surface area contributed by atoms with Gasteiger partial charge in [-0.1, -0.05) is 54.6 Å². The van der Waals surface area contributed by atoms with Crippen LogP contribution in [0.5, 0.6) is 0 Å². The predicted molar refractivity (Wildman–Crippen MR) is 130 cm³/mol. The van der Waals surface area contributed by atoms with Crippen LogP contribution in [0.4, 0.5) is 10.5 Å². The van der Waals surface area contributed by atoms with Gasteiger partial charge in [-0.25, -0.2) is 13.2 Å². The Morgan fingerprint density at radius 3 is 2.38 bits per heavy atom. The van der Waals surface area contributed by atoms with E-state index in [0.29, 0.717) is 11.8 Å². The zero-order valence-electron chi connectivity index (χ0n) is 19.0. The summed E-state index contributed by atoms with van der Waals surface area (Å²) in [6, 6.07) is 17.9. The van der Waals surface area contributed by atoms with Gasteiger partial charge in [0, 0.05) is 37.1 Å². The van der Waals surface area contributed by atoms with Crippen molar-refractivity contribution in [2.75, 3.05) is 25.5 Å². The zero-order valence-corrected chi connectivity index (χ0v) is 19.8. The minimum Gasteiger partial charge on any atom is -0.377 e. The summed E-state index contributed by atoms with van der Waals surface area (Å²) < 4.78 is 29.1. The molecule has 9 heteroatoms. The Morgan fingerprint density at radius 2 is 1.65 bits per heavy atom. The van der Waals surface area contributed by atoms with Gasteiger partial charge in [-0.3, -0.25) is 9.69 Å². The third-order valence-corrected chi connectivity index (χ3v) is 8.47. The van der Waals surface area contributed by atoms with Crippen molar-refractivity contribution < 1.29 is 18.0 Å². The average molecular weight is 479 g/mol. The minimum absolute atomic E-state index is 0.0864. The molecular formula is C25H26N4O4S. The fourth-order valence-corrected chi connectivity index (χ4v) is 6.74. The molecule has 0 spiro atoms. The Balaban J connectivity index is 1.53. The number of urea groups is 1. The first-order valence-corrected chi connectivity index (χ1v) is 12.6. The number of rotatable bonds is 5. The molecule has 34 heavy (non-hydrogen) atoms. The topological polar surface area (TPSA) is 90.0 Å². The SMILES string of the molecule is CN(C)c1cccc2c(S(=O)(=O)N3CC[C@H]4NC(=O)N(Cc5ccccc5)C(=O)[C@H]43)cccc12. The van der Waals surface area contributed by atoms with Crippen LogP contribution in [0.2, 0.25) is 0 Å². The third kappa shape index (κ3) is 3.61. The Hall–Kier alpha value is -3.43. The first kappa shape index (κ1) is 22.4. The van der Waals surface area contributed by atoms with Crippen LogP contribution in [0.15, 0.2) is 71.6 Å². The molecule has 2 heterocycles. The molecule has 176 valence electrons. The summed E-state index contributed by atoms with van der Waals surface area (Å²) in [5.41, 5.74) is 1.70. The van der Waals surface area contributed by atoms with E-state index in [-0.39, 0.29) is 18.0 Å². The quantitative estimate of drug-likeness (QED) is 0.609. The largest absolute Gasteiger partial charge is 0.377 e. The maximum absolute atomic E-state index is 13.9. The number of carbonyl (C=O) groups excluding carboxylic acids is 2. The van der Waals surface area contributed by atoms with E-state index in [0.717, 1.165) is 21.5 Å². The van der Waals surface area contributed by atoms with Crippen LogP contribution in [0.1, 0.15) is 12.0 Å². The van der Waals surface area contributed by atoms with Gasteiger partial charge < -0.3 is 10.2 Å². The number of sulfonamides is 1. The maximum Gasteiger partial charge on any atom is 0.324 e. The van der Waals surface area contributed by atoms with Gasteiger partial charge in [0.2, 0.25) is 10.0 Å². The molecular weight excluding hydrogens is 452 g/mol. The van der Waals surface area contributed by atoms with Crippen LogP contribution in [0.25, 0.3) is 10.8 Å². The number of imide groups is 1. The summed E-state index contributed by atoms with van der Waals surface area (Å²) in [6.45, 7) is 0.246. The Kier molecular flexibility index (Phi) is 5.53. The Bertz CT molecular complexity index is 1370. The molecule has 1 N–H and O–H groups in total. The zero-order chi connectivity index (χ0) is 24.0. The van der Waals surface area contributed by atoms with Gasteiger partial charge in [-0.15, -0.1) is 0 Å². The van der Waals surface area contributed by atoms with Gasteiger partial charge >= 0.3 is 6.03 Å². The first-order chi connectivity index (χ1) is 16.3.